The smallest absolute Gasteiger partial charge is 0.349 e. The fraction of sp³-hybridized carbons (Fsp3) is 0.290. The number of carbonyl (C=O) groups is 1. The summed E-state index contributed by atoms with van der Waals surface area (Å²) in [5.74, 6) is 0.627. The van der Waals surface area contributed by atoms with Crippen LogP contribution in [0.1, 0.15) is 37.5 Å². The molecule has 0 unspecified atom stereocenters. The minimum atomic E-state index is -0.734. The van der Waals surface area contributed by atoms with Gasteiger partial charge in [0.1, 0.15) is 11.3 Å². The Morgan fingerprint density at radius 3 is 2.21 bits per heavy atom. The van der Waals surface area contributed by atoms with Crippen LogP contribution >= 0.6 is 0 Å². The van der Waals surface area contributed by atoms with Crippen LogP contribution in [-0.4, -0.2) is 26.8 Å². The van der Waals surface area contributed by atoms with Crippen LogP contribution in [0.5, 0.6) is 23.0 Å². The van der Waals surface area contributed by atoms with Crippen LogP contribution in [0.2, 0.25) is 0 Å². The molecule has 3 aromatic carbocycles. The second-order valence-corrected chi connectivity index (χ2v) is 10.2. The van der Waals surface area contributed by atoms with E-state index in [0.29, 0.717) is 33.8 Å². The van der Waals surface area contributed by atoms with Crippen molar-refractivity contribution in [2.75, 3.05) is 20.8 Å². The Bertz CT molecular complexity index is 1540. The highest BCUT2D eigenvalue weighted by Crippen LogP contribution is 2.37. The van der Waals surface area contributed by atoms with Crippen molar-refractivity contribution in [2.24, 2.45) is 0 Å². The van der Waals surface area contributed by atoms with E-state index >= 15 is 0 Å². The molecule has 1 aromatic heterocycles. The highest BCUT2D eigenvalue weighted by Gasteiger charge is 2.23. The zero-order valence-corrected chi connectivity index (χ0v) is 22.8. The van der Waals surface area contributed by atoms with Gasteiger partial charge in [-0.15, -0.1) is 0 Å². The minimum absolute atomic E-state index is 0.00117. The lowest BCUT2D eigenvalue weighted by Gasteiger charge is -2.19. The van der Waals surface area contributed by atoms with Crippen molar-refractivity contribution < 1.29 is 28.2 Å². The lowest BCUT2D eigenvalue weighted by atomic mass is 9.87. The van der Waals surface area contributed by atoms with Gasteiger partial charge in [-0.2, -0.15) is 0 Å². The van der Waals surface area contributed by atoms with Gasteiger partial charge in [0.25, 0.3) is 0 Å². The van der Waals surface area contributed by atoms with Crippen molar-refractivity contribution in [3.05, 3.63) is 81.5 Å². The summed E-state index contributed by atoms with van der Waals surface area (Å²) in [7, 11) is 3.04. The summed E-state index contributed by atoms with van der Waals surface area (Å²) in [6.45, 7) is 9.72. The van der Waals surface area contributed by atoms with E-state index in [2.05, 4.69) is 20.8 Å². The number of benzene rings is 3. The van der Waals surface area contributed by atoms with Gasteiger partial charge in [0.05, 0.1) is 19.6 Å². The summed E-state index contributed by atoms with van der Waals surface area (Å²) in [5, 5.41) is 0.327. The van der Waals surface area contributed by atoms with Crippen LogP contribution in [0.4, 0.5) is 0 Å². The first-order valence-corrected chi connectivity index (χ1v) is 12.3. The fourth-order valence-electron chi connectivity index (χ4n) is 4.23. The Kier molecular flexibility index (Phi) is 7.49. The van der Waals surface area contributed by atoms with Gasteiger partial charge in [-0.05, 0) is 72.4 Å². The molecule has 4 aromatic rings. The third-order valence-electron chi connectivity index (χ3n) is 6.22. The lowest BCUT2D eigenvalue weighted by Crippen LogP contribution is -2.22. The molecule has 0 atom stereocenters. The predicted molar refractivity (Wildman–Crippen MR) is 147 cm³/mol. The molecule has 4 rings (SSSR count). The second kappa shape index (κ2) is 10.6. The molecule has 0 fully saturated rings. The minimum Gasteiger partial charge on any atom is -0.493 e. The van der Waals surface area contributed by atoms with Crippen LogP contribution in [0.3, 0.4) is 0 Å². The first kappa shape index (κ1) is 26.8. The van der Waals surface area contributed by atoms with E-state index in [-0.39, 0.29) is 23.5 Å². The summed E-state index contributed by atoms with van der Waals surface area (Å²) in [4.78, 5) is 26.5. The van der Waals surface area contributed by atoms with Crippen LogP contribution in [-0.2, 0) is 10.2 Å². The van der Waals surface area contributed by atoms with Crippen molar-refractivity contribution in [3.63, 3.8) is 0 Å². The molecule has 0 amide bonds. The van der Waals surface area contributed by atoms with Crippen LogP contribution in [0, 0.1) is 13.8 Å². The van der Waals surface area contributed by atoms with Crippen molar-refractivity contribution in [1.82, 2.24) is 0 Å². The molecule has 1 heterocycles. The van der Waals surface area contributed by atoms with Gasteiger partial charge in [-0.3, -0.25) is 4.79 Å². The number of methoxy groups -OCH3 is 2. The normalized spacial score (nSPS) is 11.3. The zero-order chi connectivity index (χ0) is 27.6. The predicted octanol–water partition coefficient (Wildman–Crippen LogP) is 6.38. The Labute approximate surface area is 221 Å². The molecule has 7 heteroatoms. The summed E-state index contributed by atoms with van der Waals surface area (Å²) in [6, 6.07) is 16.2. The molecule has 0 aliphatic rings. The molecular weight excluding hydrogens is 484 g/mol. The third-order valence-corrected chi connectivity index (χ3v) is 6.22. The Hall–Kier alpha value is -4.26. The summed E-state index contributed by atoms with van der Waals surface area (Å²) in [6.07, 6.45) is 0. The average Bonchev–Trinajstić information content (AvgIpc) is 2.88. The molecule has 7 nitrogen and oxygen atoms in total. The average molecular weight is 517 g/mol. The molecule has 0 aliphatic heterocycles. The van der Waals surface area contributed by atoms with E-state index < -0.39 is 11.4 Å². The van der Waals surface area contributed by atoms with Crippen LogP contribution in [0.15, 0.2) is 63.8 Å². The zero-order valence-electron chi connectivity index (χ0n) is 22.8. The Morgan fingerprint density at radius 1 is 0.895 bits per heavy atom. The van der Waals surface area contributed by atoms with Gasteiger partial charge in [0, 0.05) is 5.56 Å². The van der Waals surface area contributed by atoms with Gasteiger partial charge < -0.3 is 23.4 Å². The van der Waals surface area contributed by atoms with Crippen LogP contribution < -0.4 is 24.4 Å². The van der Waals surface area contributed by atoms with Crippen molar-refractivity contribution in [1.29, 1.82) is 0 Å². The molecular formula is C31H32O7. The first-order chi connectivity index (χ1) is 18.0. The number of ether oxygens (including phenoxy) is 4. The van der Waals surface area contributed by atoms with E-state index in [4.69, 9.17) is 23.4 Å². The van der Waals surface area contributed by atoms with E-state index in [1.807, 2.05) is 32.0 Å². The number of carbonyl (C=O) groups excluding carboxylic acids is 1. The fourth-order valence-corrected chi connectivity index (χ4v) is 4.23. The summed E-state index contributed by atoms with van der Waals surface area (Å²) in [5.41, 5.74) is 3.28. The highest BCUT2D eigenvalue weighted by molar-refractivity contribution is 5.87. The Morgan fingerprint density at radius 2 is 1.58 bits per heavy atom. The topological polar surface area (TPSA) is 84.2 Å². The van der Waals surface area contributed by atoms with Gasteiger partial charge in [0.2, 0.25) is 11.2 Å². The maximum absolute atomic E-state index is 13.6. The quantitative estimate of drug-likeness (QED) is 0.264. The van der Waals surface area contributed by atoms with Gasteiger partial charge >= 0.3 is 5.97 Å². The third kappa shape index (κ3) is 5.52. The number of esters is 1. The summed E-state index contributed by atoms with van der Waals surface area (Å²) >= 11 is 0. The molecule has 0 saturated carbocycles. The molecule has 38 heavy (non-hydrogen) atoms. The van der Waals surface area contributed by atoms with Crippen molar-refractivity contribution in [3.8, 4) is 34.3 Å². The number of fused-ring (bicyclic) bond motifs is 1. The molecule has 0 N–H and O–H groups in total. The lowest BCUT2D eigenvalue weighted by molar-refractivity contribution is -0.136. The molecule has 198 valence electrons. The summed E-state index contributed by atoms with van der Waals surface area (Å²) < 4.78 is 28.2. The molecule has 0 spiro atoms. The monoisotopic (exact) mass is 516 g/mol. The largest absolute Gasteiger partial charge is 0.493 e. The van der Waals surface area contributed by atoms with Crippen molar-refractivity contribution in [2.45, 2.75) is 40.0 Å². The molecule has 0 saturated heterocycles. The molecule has 0 radical (unpaired) electrons. The highest BCUT2D eigenvalue weighted by atomic mass is 16.6. The standard InChI is InChI=1S/C31H32O7/c1-18-14-19(2)28-23(15-18)27(33)30(29(38-28)20-8-13-24(34-6)25(16-20)35-7)37-26(32)17-36-22-11-9-21(10-12-22)31(3,4)5/h8-16H,17H2,1-7H3. The van der Waals surface area contributed by atoms with E-state index in [0.717, 1.165) is 16.7 Å². The molecule has 0 aliphatic carbocycles. The maximum atomic E-state index is 13.6. The first-order valence-electron chi connectivity index (χ1n) is 12.3. The maximum Gasteiger partial charge on any atom is 0.349 e. The van der Waals surface area contributed by atoms with Crippen LogP contribution in [0.25, 0.3) is 22.3 Å². The van der Waals surface area contributed by atoms with E-state index in [1.165, 1.54) is 14.2 Å². The van der Waals surface area contributed by atoms with E-state index in [9.17, 15) is 9.59 Å². The molecule has 0 bridgehead atoms. The van der Waals surface area contributed by atoms with Gasteiger partial charge in [0.15, 0.2) is 23.9 Å². The number of hydrogen-bond donors (Lipinski definition) is 0. The SMILES string of the molecule is COc1ccc(-c2oc3c(C)cc(C)cc3c(=O)c2OC(=O)COc2ccc(C(C)(C)C)cc2)cc1OC. The number of aryl methyl sites for hydroxylation is 2. The van der Waals surface area contributed by atoms with Crippen molar-refractivity contribution >= 4 is 16.9 Å². The van der Waals surface area contributed by atoms with E-state index in [1.54, 1.807) is 36.4 Å². The van der Waals surface area contributed by atoms with Gasteiger partial charge in [-0.1, -0.05) is 39.0 Å². The van der Waals surface area contributed by atoms with Gasteiger partial charge in [-0.25, -0.2) is 4.79 Å². The number of hydrogen-bond acceptors (Lipinski definition) is 7. The second-order valence-electron chi connectivity index (χ2n) is 10.2. The Balaban J connectivity index is 1.71. The number of rotatable bonds is 7.